The first-order chi connectivity index (χ1) is 12.0. The molecule has 2 aromatic carbocycles. The van der Waals surface area contributed by atoms with Gasteiger partial charge in [-0.15, -0.1) is 0 Å². The Hall–Kier alpha value is -1.53. The molecule has 0 fully saturated rings. The average Bonchev–Trinajstić information content (AvgIpc) is 2.60. The second kappa shape index (κ2) is 9.82. The summed E-state index contributed by atoms with van der Waals surface area (Å²) in [5.74, 6) is 0.189. The monoisotopic (exact) mass is 416 g/mol. The number of unbranched alkanes of at least 4 members (excludes halogenated alkanes) is 1. The first-order valence-corrected chi connectivity index (χ1v) is 9.14. The third kappa shape index (κ3) is 6.36. The largest absolute Gasteiger partial charge is 0.489 e. The summed E-state index contributed by atoms with van der Waals surface area (Å²) in [7, 11) is 0. The Bertz CT molecular complexity index is 632. The first-order valence-electron chi connectivity index (χ1n) is 8.02. The summed E-state index contributed by atoms with van der Waals surface area (Å²) in [5.41, 5.74) is 0.892. The van der Waals surface area contributed by atoms with Crippen LogP contribution in [-0.4, -0.2) is 18.1 Å². The maximum atomic E-state index is 13.5. The molecule has 0 aromatic heterocycles. The molecule has 2 rings (SSSR count). The zero-order valence-corrected chi connectivity index (χ0v) is 15.2. The van der Waals surface area contributed by atoms with Gasteiger partial charge in [-0.1, -0.05) is 64.5 Å². The molecule has 136 valence electrons. The summed E-state index contributed by atoms with van der Waals surface area (Å²) < 4.78 is 51.2. The standard InChI is InChI=1S/C19H20BrF3O2/c20-12-6-7-13-24-18(19(21,22)23)16-10-4-5-11-17(16)25-14-15-8-2-1-3-9-15/h1-5,8-11,18H,6-7,12-14H2. The Morgan fingerprint density at radius 3 is 2.28 bits per heavy atom. The van der Waals surface area contributed by atoms with E-state index in [0.29, 0.717) is 6.42 Å². The summed E-state index contributed by atoms with van der Waals surface area (Å²) in [6.45, 7) is 0.245. The minimum absolute atomic E-state index is 0.00442. The SMILES string of the molecule is FC(F)(F)C(OCCCCBr)c1ccccc1OCc1ccccc1. The predicted octanol–water partition coefficient (Wildman–Crippen LogP) is 6.06. The van der Waals surface area contributed by atoms with E-state index in [1.165, 1.54) is 6.07 Å². The number of hydrogen-bond donors (Lipinski definition) is 0. The topological polar surface area (TPSA) is 18.5 Å². The molecule has 0 bridgehead atoms. The molecule has 0 saturated heterocycles. The van der Waals surface area contributed by atoms with E-state index in [2.05, 4.69) is 15.9 Å². The smallest absolute Gasteiger partial charge is 0.418 e. The van der Waals surface area contributed by atoms with E-state index in [0.717, 1.165) is 17.3 Å². The van der Waals surface area contributed by atoms with Crippen molar-refractivity contribution in [2.45, 2.75) is 31.7 Å². The van der Waals surface area contributed by atoms with Gasteiger partial charge in [0.25, 0.3) is 0 Å². The van der Waals surface area contributed by atoms with Gasteiger partial charge in [0.1, 0.15) is 12.4 Å². The third-order valence-corrected chi connectivity index (χ3v) is 4.11. The van der Waals surface area contributed by atoms with Gasteiger partial charge in [0, 0.05) is 17.5 Å². The van der Waals surface area contributed by atoms with Crippen molar-refractivity contribution in [3.8, 4) is 5.75 Å². The molecular weight excluding hydrogens is 397 g/mol. The van der Waals surface area contributed by atoms with Gasteiger partial charge < -0.3 is 9.47 Å². The summed E-state index contributed by atoms with van der Waals surface area (Å²) in [5, 5.41) is 0.740. The van der Waals surface area contributed by atoms with Crippen molar-refractivity contribution in [1.29, 1.82) is 0 Å². The zero-order valence-electron chi connectivity index (χ0n) is 13.6. The minimum atomic E-state index is -4.50. The van der Waals surface area contributed by atoms with Crippen LogP contribution >= 0.6 is 15.9 Å². The van der Waals surface area contributed by atoms with Crippen LogP contribution in [-0.2, 0) is 11.3 Å². The maximum absolute atomic E-state index is 13.5. The summed E-state index contributed by atoms with van der Waals surface area (Å²) in [6.07, 6.45) is -5.17. The van der Waals surface area contributed by atoms with E-state index in [9.17, 15) is 13.2 Å². The average molecular weight is 417 g/mol. The second-order valence-corrected chi connectivity index (χ2v) is 6.29. The van der Waals surface area contributed by atoms with E-state index in [1.807, 2.05) is 30.3 Å². The van der Waals surface area contributed by atoms with Crippen molar-refractivity contribution in [2.24, 2.45) is 0 Å². The van der Waals surface area contributed by atoms with E-state index in [1.54, 1.807) is 18.2 Å². The fraction of sp³-hybridized carbons (Fsp3) is 0.368. The van der Waals surface area contributed by atoms with Gasteiger partial charge in [-0.05, 0) is 24.5 Å². The first kappa shape index (κ1) is 19.8. The molecule has 1 atom stereocenters. The highest BCUT2D eigenvalue weighted by molar-refractivity contribution is 9.09. The van der Waals surface area contributed by atoms with Crippen molar-refractivity contribution in [1.82, 2.24) is 0 Å². The molecule has 0 radical (unpaired) electrons. The normalized spacial score (nSPS) is 12.8. The number of para-hydroxylation sites is 1. The van der Waals surface area contributed by atoms with E-state index < -0.39 is 12.3 Å². The van der Waals surface area contributed by atoms with Crippen molar-refractivity contribution in [2.75, 3.05) is 11.9 Å². The molecular formula is C19H20BrF3O2. The van der Waals surface area contributed by atoms with Gasteiger partial charge in [0.15, 0.2) is 6.10 Å². The molecule has 0 saturated carbocycles. The van der Waals surface area contributed by atoms with Crippen LogP contribution in [0.3, 0.4) is 0 Å². The number of benzene rings is 2. The minimum Gasteiger partial charge on any atom is -0.489 e. The van der Waals surface area contributed by atoms with Gasteiger partial charge >= 0.3 is 6.18 Å². The molecule has 0 aliphatic rings. The Morgan fingerprint density at radius 1 is 0.920 bits per heavy atom. The number of alkyl halides is 4. The maximum Gasteiger partial charge on any atom is 0.418 e. The molecule has 0 aliphatic heterocycles. The predicted molar refractivity (Wildman–Crippen MR) is 95.0 cm³/mol. The summed E-state index contributed by atoms with van der Waals surface area (Å²) in [6, 6.07) is 15.5. The Balaban J connectivity index is 2.13. The summed E-state index contributed by atoms with van der Waals surface area (Å²) >= 11 is 3.26. The second-order valence-electron chi connectivity index (χ2n) is 5.50. The Morgan fingerprint density at radius 2 is 1.60 bits per heavy atom. The van der Waals surface area contributed by atoms with Gasteiger partial charge in [-0.2, -0.15) is 13.2 Å². The lowest BCUT2D eigenvalue weighted by Crippen LogP contribution is -2.24. The van der Waals surface area contributed by atoms with Crippen LogP contribution in [0.2, 0.25) is 0 Å². The van der Waals surface area contributed by atoms with Crippen LogP contribution in [0.25, 0.3) is 0 Å². The molecule has 2 aromatic rings. The number of rotatable bonds is 9. The lowest BCUT2D eigenvalue weighted by molar-refractivity contribution is -0.224. The molecule has 0 spiro atoms. The highest BCUT2D eigenvalue weighted by Crippen LogP contribution is 2.40. The van der Waals surface area contributed by atoms with E-state index in [4.69, 9.17) is 9.47 Å². The zero-order chi connectivity index (χ0) is 18.1. The van der Waals surface area contributed by atoms with Gasteiger partial charge in [0.05, 0.1) is 0 Å². The van der Waals surface area contributed by atoms with Crippen molar-refractivity contribution in [3.63, 3.8) is 0 Å². The molecule has 0 aliphatic carbocycles. The third-order valence-electron chi connectivity index (χ3n) is 3.55. The number of halogens is 4. The van der Waals surface area contributed by atoms with Crippen molar-refractivity contribution in [3.05, 3.63) is 65.7 Å². The van der Waals surface area contributed by atoms with Crippen LogP contribution in [0.15, 0.2) is 54.6 Å². The molecule has 2 nitrogen and oxygen atoms in total. The molecule has 1 unspecified atom stereocenters. The highest BCUT2D eigenvalue weighted by Gasteiger charge is 2.43. The fourth-order valence-corrected chi connectivity index (χ4v) is 2.72. The van der Waals surface area contributed by atoms with Gasteiger partial charge in [-0.3, -0.25) is 0 Å². The van der Waals surface area contributed by atoms with Crippen LogP contribution in [0.4, 0.5) is 13.2 Å². The molecule has 0 amide bonds. The van der Waals surface area contributed by atoms with Crippen LogP contribution < -0.4 is 4.74 Å². The highest BCUT2D eigenvalue weighted by atomic mass is 79.9. The quantitative estimate of drug-likeness (QED) is 0.365. The molecule has 0 heterocycles. The fourth-order valence-electron chi connectivity index (χ4n) is 2.32. The Kier molecular flexibility index (Phi) is 7.78. The summed E-state index contributed by atoms with van der Waals surface area (Å²) in [4.78, 5) is 0. The van der Waals surface area contributed by atoms with Crippen molar-refractivity contribution >= 4 is 15.9 Å². The van der Waals surface area contributed by atoms with Gasteiger partial charge in [0.2, 0.25) is 0 Å². The lowest BCUT2D eigenvalue weighted by Gasteiger charge is -2.23. The van der Waals surface area contributed by atoms with Crippen molar-refractivity contribution < 1.29 is 22.6 Å². The van der Waals surface area contributed by atoms with Gasteiger partial charge in [-0.25, -0.2) is 0 Å². The number of ether oxygens (including phenoxy) is 2. The van der Waals surface area contributed by atoms with Crippen LogP contribution in [0.5, 0.6) is 5.75 Å². The molecule has 25 heavy (non-hydrogen) atoms. The van der Waals surface area contributed by atoms with Crippen LogP contribution in [0.1, 0.15) is 30.1 Å². The molecule has 0 N–H and O–H groups in total. The number of hydrogen-bond acceptors (Lipinski definition) is 2. The lowest BCUT2D eigenvalue weighted by atomic mass is 10.1. The van der Waals surface area contributed by atoms with Crippen LogP contribution in [0, 0.1) is 0 Å². The van der Waals surface area contributed by atoms with E-state index in [-0.39, 0.29) is 24.5 Å². The van der Waals surface area contributed by atoms with E-state index >= 15 is 0 Å². The Labute approximate surface area is 154 Å². The molecule has 6 heteroatoms.